The van der Waals surface area contributed by atoms with E-state index in [9.17, 15) is 4.39 Å². The fourth-order valence-corrected chi connectivity index (χ4v) is 1.17. The van der Waals surface area contributed by atoms with E-state index in [-0.39, 0.29) is 5.83 Å². The number of halogens is 1. The second-order valence-corrected chi connectivity index (χ2v) is 2.87. The summed E-state index contributed by atoms with van der Waals surface area (Å²) in [5.41, 5.74) is 1.29. The topological polar surface area (TPSA) is 12.0 Å². The van der Waals surface area contributed by atoms with Gasteiger partial charge in [-0.3, -0.25) is 0 Å². The van der Waals surface area contributed by atoms with Gasteiger partial charge in [-0.15, -0.1) is 0 Å². The Labute approximate surface area is 67.0 Å². The molecule has 0 spiro atoms. The molecule has 1 N–H and O–H groups in total. The van der Waals surface area contributed by atoms with Crippen molar-refractivity contribution in [3.05, 3.63) is 23.6 Å². The highest BCUT2D eigenvalue weighted by atomic mass is 19.1. The lowest BCUT2D eigenvalue weighted by atomic mass is 9.99. The zero-order chi connectivity index (χ0) is 8.27. The minimum atomic E-state index is -0.00273. The molecule has 0 aromatic heterocycles. The van der Waals surface area contributed by atoms with E-state index < -0.39 is 0 Å². The summed E-state index contributed by atoms with van der Waals surface area (Å²) in [7, 11) is 1.92. The molecular weight excluding hydrogens is 141 g/mol. The molecular formula is C9H14FN. The van der Waals surface area contributed by atoms with E-state index in [0.29, 0.717) is 12.5 Å². The van der Waals surface area contributed by atoms with Gasteiger partial charge in [-0.2, -0.15) is 0 Å². The molecule has 0 aliphatic heterocycles. The van der Waals surface area contributed by atoms with Gasteiger partial charge in [0.2, 0.25) is 0 Å². The fraction of sp³-hybridized carbons (Fsp3) is 0.556. The van der Waals surface area contributed by atoms with Crippen molar-refractivity contribution in [1.82, 2.24) is 5.32 Å². The standard InChI is InChI=1S/C9H14FN/c1-7(11-2)8-3-5-9(10)6-4-8/h3,5,7,11H,4,6H2,1-2H3. The van der Waals surface area contributed by atoms with Gasteiger partial charge >= 0.3 is 0 Å². The lowest BCUT2D eigenvalue weighted by Crippen LogP contribution is -2.24. The Morgan fingerprint density at radius 1 is 1.45 bits per heavy atom. The van der Waals surface area contributed by atoms with Crippen LogP contribution in [0.3, 0.4) is 0 Å². The average Bonchev–Trinajstić information content (AvgIpc) is 2.05. The van der Waals surface area contributed by atoms with E-state index in [2.05, 4.69) is 12.2 Å². The first-order valence-electron chi connectivity index (χ1n) is 3.96. The van der Waals surface area contributed by atoms with Gasteiger partial charge in [-0.1, -0.05) is 11.6 Å². The number of allylic oxidation sites excluding steroid dienone is 3. The van der Waals surface area contributed by atoms with Crippen LogP contribution in [-0.4, -0.2) is 13.1 Å². The van der Waals surface area contributed by atoms with E-state index >= 15 is 0 Å². The van der Waals surface area contributed by atoms with Crippen LogP contribution in [0.4, 0.5) is 4.39 Å². The summed E-state index contributed by atoms with van der Waals surface area (Å²) in [6.07, 6.45) is 4.86. The third-order valence-electron chi connectivity index (χ3n) is 2.12. The molecule has 0 amide bonds. The summed E-state index contributed by atoms with van der Waals surface area (Å²) in [5, 5.41) is 3.13. The quantitative estimate of drug-likeness (QED) is 0.644. The Morgan fingerprint density at radius 2 is 2.18 bits per heavy atom. The van der Waals surface area contributed by atoms with Crippen LogP contribution in [0.5, 0.6) is 0 Å². The van der Waals surface area contributed by atoms with Crippen molar-refractivity contribution in [2.24, 2.45) is 0 Å². The number of hydrogen-bond donors (Lipinski definition) is 1. The van der Waals surface area contributed by atoms with E-state index in [1.54, 1.807) is 6.08 Å². The van der Waals surface area contributed by atoms with Crippen LogP contribution in [0.2, 0.25) is 0 Å². The van der Waals surface area contributed by atoms with Gasteiger partial charge in [0.15, 0.2) is 0 Å². The summed E-state index contributed by atoms with van der Waals surface area (Å²) in [6, 6.07) is 0.374. The first kappa shape index (κ1) is 8.47. The molecule has 1 unspecified atom stereocenters. The first-order chi connectivity index (χ1) is 5.24. The lowest BCUT2D eigenvalue weighted by Gasteiger charge is -2.16. The van der Waals surface area contributed by atoms with Gasteiger partial charge in [0.05, 0.1) is 0 Å². The second kappa shape index (κ2) is 3.67. The number of nitrogens with one attached hydrogen (secondary N) is 1. The molecule has 0 aromatic carbocycles. The van der Waals surface area contributed by atoms with Crippen LogP contribution in [0, 0.1) is 0 Å². The molecule has 0 bridgehead atoms. The molecule has 0 aromatic rings. The molecule has 1 aliphatic rings. The minimum Gasteiger partial charge on any atom is -0.314 e. The predicted octanol–water partition coefficient (Wildman–Crippen LogP) is 2.17. The molecule has 11 heavy (non-hydrogen) atoms. The smallest absolute Gasteiger partial charge is 0.100 e. The van der Waals surface area contributed by atoms with Gasteiger partial charge in [-0.05, 0) is 26.5 Å². The summed E-state index contributed by atoms with van der Waals surface area (Å²) < 4.78 is 12.5. The molecule has 0 fully saturated rings. The molecule has 0 radical (unpaired) electrons. The Hall–Kier alpha value is -0.630. The molecule has 0 saturated carbocycles. The van der Waals surface area contributed by atoms with E-state index in [1.807, 2.05) is 13.1 Å². The van der Waals surface area contributed by atoms with E-state index in [4.69, 9.17) is 0 Å². The highest BCUT2D eigenvalue weighted by Crippen LogP contribution is 2.20. The molecule has 62 valence electrons. The second-order valence-electron chi connectivity index (χ2n) is 2.87. The number of likely N-dealkylation sites (N-methyl/N-ethyl adjacent to an activating group) is 1. The third-order valence-corrected chi connectivity index (χ3v) is 2.12. The average molecular weight is 155 g/mol. The molecule has 0 saturated heterocycles. The van der Waals surface area contributed by atoms with Crippen LogP contribution in [0.25, 0.3) is 0 Å². The van der Waals surface area contributed by atoms with Crippen molar-refractivity contribution >= 4 is 0 Å². The van der Waals surface area contributed by atoms with E-state index in [0.717, 1.165) is 6.42 Å². The van der Waals surface area contributed by atoms with E-state index in [1.165, 1.54) is 5.57 Å². The van der Waals surface area contributed by atoms with Crippen LogP contribution in [0.15, 0.2) is 23.6 Å². The fourth-order valence-electron chi connectivity index (χ4n) is 1.17. The van der Waals surface area contributed by atoms with Crippen molar-refractivity contribution in [3.8, 4) is 0 Å². The monoisotopic (exact) mass is 155 g/mol. The maximum absolute atomic E-state index is 12.5. The normalized spacial score (nSPS) is 20.6. The van der Waals surface area contributed by atoms with Crippen LogP contribution >= 0.6 is 0 Å². The summed E-state index contributed by atoms with van der Waals surface area (Å²) in [5.74, 6) is -0.00273. The highest BCUT2D eigenvalue weighted by molar-refractivity contribution is 5.23. The number of hydrogen-bond acceptors (Lipinski definition) is 1. The molecule has 0 heterocycles. The summed E-state index contributed by atoms with van der Waals surface area (Å²) >= 11 is 0. The predicted molar refractivity (Wildman–Crippen MR) is 45.0 cm³/mol. The van der Waals surface area contributed by atoms with Crippen LogP contribution in [0.1, 0.15) is 19.8 Å². The van der Waals surface area contributed by atoms with Gasteiger partial charge in [0, 0.05) is 12.5 Å². The number of rotatable bonds is 2. The molecule has 1 atom stereocenters. The first-order valence-corrected chi connectivity index (χ1v) is 3.96. The molecule has 1 rings (SSSR count). The lowest BCUT2D eigenvalue weighted by molar-refractivity contribution is 0.562. The Balaban J connectivity index is 2.60. The van der Waals surface area contributed by atoms with Crippen molar-refractivity contribution in [2.75, 3.05) is 7.05 Å². The maximum Gasteiger partial charge on any atom is 0.100 e. The maximum atomic E-state index is 12.5. The van der Waals surface area contributed by atoms with Gasteiger partial charge in [-0.25, -0.2) is 4.39 Å². The van der Waals surface area contributed by atoms with Gasteiger partial charge in [0.25, 0.3) is 0 Å². The minimum absolute atomic E-state index is 0.00273. The van der Waals surface area contributed by atoms with Crippen molar-refractivity contribution in [1.29, 1.82) is 0 Å². The zero-order valence-corrected chi connectivity index (χ0v) is 7.02. The SMILES string of the molecule is CNC(C)C1=CC=C(F)CC1. The van der Waals surface area contributed by atoms with Crippen LogP contribution in [-0.2, 0) is 0 Å². The Morgan fingerprint density at radius 3 is 2.64 bits per heavy atom. The Bertz CT molecular complexity index is 194. The van der Waals surface area contributed by atoms with Crippen LogP contribution < -0.4 is 5.32 Å². The Kier molecular flexibility index (Phi) is 2.83. The zero-order valence-electron chi connectivity index (χ0n) is 7.02. The summed E-state index contributed by atoms with van der Waals surface area (Å²) in [4.78, 5) is 0. The molecule has 2 heteroatoms. The van der Waals surface area contributed by atoms with Gasteiger partial charge in [0.1, 0.15) is 5.83 Å². The largest absolute Gasteiger partial charge is 0.314 e. The highest BCUT2D eigenvalue weighted by Gasteiger charge is 2.09. The van der Waals surface area contributed by atoms with Crippen molar-refractivity contribution in [3.63, 3.8) is 0 Å². The van der Waals surface area contributed by atoms with Crippen molar-refractivity contribution < 1.29 is 4.39 Å². The molecule has 1 aliphatic carbocycles. The summed E-state index contributed by atoms with van der Waals surface area (Å²) in [6.45, 7) is 2.09. The van der Waals surface area contributed by atoms with Gasteiger partial charge < -0.3 is 5.32 Å². The van der Waals surface area contributed by atoms with Crippen molar-refractivity contribution in [2.45, 2.75) is 25.8 Å². The molecule has 1 nitrogen and oxygen atoms in total. The third kappa shape index (κ3) is 2.15.